The van der Waals surface area contributed by atoms with Crippen molar-refractivity contribution in [2.45, 2.75) is 38.9 Å². The number of nitrogens with zero attached hydrogens (tertiary/aromatic N) is 5. The zero-order chi connectivity index (χ0) is 18.9. The fraction of sp³-hybridized carbons (Fsp3) is 0.476. The zero-order valence-corrected chi connectivity index (χ0v) is 16.2. The van der Waals surface area contributed by atoms with Gasteiger partial charge in [0.05, 0.1) is 18.6 Å². The Morgan fingerprint density at radius 2 is 2.00 bits per heavy atom. The van der Waals surface area contributed by atoms with Crippen LogP contribution in [0.2, 0.25) is 0 Å². The van der Waals surface area contributed by atoms with Gasteiger partial charge in [-0.25, -0.2) is 4.98 Å². The Hall–Kier alpha value is -2.51. The van der Waals surface area contributed by atoms with Crippen molar-refractivity contribution in [3.8, 4) is 11.4 Å². The molecule has 3 aromatic rings. The molecule has 1 aromatic carbocycles. The minimum absolute atomic E-state index is 0.532. The number of H-pyrrole nitrogens is 1. The average molecular weight is 378 g/mol. The van der Waals surface area contributed by atoms with E-state index < -0.39 is 0 Å². The minimum atomic E-state index is 0.532. The Bertz CT molecular complexity index is 920. The van der Waals surface area contributed by atoms with Gasteiger partial charge in [-0.2, -0.15) is 4.98 Å². The van der Waals surface area contributed by atoms with Crippen LogP contribution >= 0.6 is 0 Å². The molecule has 28 heavy (non-hydrogen) atoms. The molecule has 2 aromatic heterocycles. The van der Waals surface area contributed by atoms with E-state index in [1.165, 1.54) is 18.5 Å². The number of aryl methyl sites for hydroxylation is 1. The van der Waals surface area contributed by atoms with Crippen LogP contribution in [0.1, 0.15) is 30.1 Å². The van der Waals surface area contributed by atoms with Crippen LogP contribution in [-0.4, -0.2) is 55.6 Å². The van der Waals surface area contributed by atoms with Gasteiger partial charge in [-0.3, -0.25) is 9.80 Å². The first-order chi connectivity index (χ1) is 13.7. The molecule has 146 valence electrons. The monoisotopic (exact) mass is 378 g/mol. The van der Waals surface area contributed by atoms with Crippen molar-refractivity contribution in [2.24, 2.45) is 5.92 Å². The van der Waals surface area contributed by atoms with Crippen LogP contribution in [0, 0.1) is 12.8 Å². The normalized spacial score (nSPS) is 23.2. The maximum absolute atomic E-state index is 5.57. The summed E-state index contributed by atoms with van der Waals surface area (Å²) in [6.07, 6.45) is 4.33. The number of aromatic amines is 1. The first-order valence-electron chi connectivity index (χ1n) is 10.1. The van der Waals surface area contributed by atoms with Gasteiger partial charge in [0.15, 0.2) is 0 Å². The molecular formula is C21H26N6O. The number of hydrogen-bond acceptors (Lipinski definition) is 6. The number of fused-ring (bicyclic) bond motifs is 4. The van der Waals surface area contributed by atoms with E-state index in [9.17, 15) is 0 Å². The lowest BCUT2D eigenvalue weighted by Gasteiger charge is -2.35. The van der Waals surface area contributed by atoms with Crippen molar-refractivity contribution < 1.29 is 4.52 Å². The second kappa shape index (κ2) is 7.48. The maximum Gasteiger partial charge on any atom is 0.241 e. The molecule has 3 aliphatic rings. The summed E-state index contributed by atoms with van der Waals surface area (Å²) >= 11 is 0. The smallest absolute Gasteiger partial charge is 0.241 e. The fourth-order valence-electron chi connectivity index (χ4n) is 4.55. The number of nitrogens with one attached hydrogen (secondary N) is 1. The van der Waals surface area contributed by atoms with E-state index in [2.05, 4.69) is 36.8 Å². The molecule has 3 saturated heterocycles. The van der Waals surface area contributed by atoms with Gasteiger partial charge >= 0.3 is 0 Å². The van der Waals surface area contributed by atoms with Crippen molar-refractivity contribution in [1.29, 1.82) is 0 Å². The van der Waals surface area contributed by atoms with Gasteiger partial charge in [0.2, 0.25) is 11.7 Å². The van der Waals surface area contributed by atoms with E-state index in [4.69, 9.17) is 4.52 Å². The molecule has 2 bridgehead atoms. The molecular weight excluding hydrogens is 352 g/mol. The van der Waals surface area contributed by atoms with Crippen LogP contribution < -0.4 is 0 Å². The largest absolute Gasteiger partial charge is 0.348 e. The molecule has 0 spiro atoms. The van der Waals surface area contributed by atoms with Crippen LogP contribution in [0.3, 0.4) is 0 Å². The highest BCUT2D eigenvalue weighted by atomic mass is 16.5. The van der Waals surface area contributed by atoms with E-state index >= 15 is 0 Å². The molecule has 7 heteroatoms. The van der Waals surface area contributed by atoms with E-state index in [-0.39, 0.29) is 0 Å². The second-order valence-corrected chi connectivity index (χ2v) is 8.07. The van der Waals surface area contributed by atoms with Gasteiger partial charge in [-0.15, -0.1) is 0 Å². The Morgan fingerprint density at radius 3 is 2.82 bits per heavy atom. The molecule has 0 amide bonds. The van der Waals surface area contributed by atoms with Crippen molar-refractivity contribution in [3.05, 3.63) is 53.9 Å². The molecule has 0 saturated carbocycles. The van der Waals surface area contributed by atoms with Gasteiger partial charge < -0.3 is 9.51 Å². The minimum Gasteiger partial charge on any atom is -0.348 e. The van der Waals surface area contributed by atoms with E-state index in [0.29, 0.717) is 23.7 Å². The average Bonchev–Trinajstić information content (AvgIpc) is 3.24. The summed E-state index contributed by atoms with van der Waals surface area (Å²) < 4.78 is 5.57. The Kier molecular flexibility index (Phi) is 4.70. The van der Waals surface area contributed by atoms with Crippen LogP contribution in [0.4, 0.5) is 0 Å². The quantitative estimate of drug-likeness (QED) is 0.736. The van der Waals surface area contributed by atoms with Crippen LogP contribution in [-0.2, 0) is 13.1 Å². The maximum atomic E-state index is 5.57. The highest BCUT2D eigenvalue weighted by Crippen LogP contribution is 2.30. The molecule has 5 heterocycles. The summed E-state index contributed by atoms with van der Waals surface area (Å²) in [5, 5.41) is 4.18. The highest BCUT2D eigenvalue weighted by molar-refractivity contribution is 5.53. The molecule has 0 aliphatic carbocycles. The number of benzene rings is 1. The van der Waals surface area contributed by atoms with Gasteiger partial charge in [0.25, 0.3) is 0 Å². The van der Waals surface area contributed by atoms with Crippen LogP contribution in [0.15, 0.2) is 41.2 Å². The lowest BCUT2D eigenvalue weighted by molar-refractivity contribution is 0.109. The summed E-state index contributed by atoms with van der Waals surface area (Å²) in [6.45, 7) is 7.07. The molecule has 3 aliphatic heterocycles. The summed E-state index contributed by atoms with van der Waals surface area (Å²) in [5.74, 6) is 2.07. The first-order valence-corrected chi connectivity index (χ1v) is 10.1. The topological polar surface area (TPSA) is 74.1 Å². The van der Waals surface area contributed by atoms with E-state index in [1.807, 2.05) is 30.3 Å². The summed E-state index contributed by atoms with van der Waals surface area (Å²) in [6, 6.07) is 10.5. The Balaban J connectivity index is 1.27. The lowest BCUT2D eigenvalue weighted by atomic mass is 9.95. The standard InChI is InChI=1S/C21H26N6O/c1-15-19(23-14-22-15)12-26-9-16-7-8-18(11-26)27(10-16)13-20-24-21(25-28-20)17-5-3-2-4-6-17/h2-6,14,16,18H,7-13H2,1H3,(H,22,23)/t16-,18+/m0/s1. The third kappa shape index (κ3) is 3.59. The Labute approximate surface area is 164 Å². The predicted octanol–water partition coefficient (Wildman–Crippen LogP) is 2.86. The van der Waals surface area contributed by atoms with Crippen molar-refractivity contribution in [3.63, 3.8) is 0 Å². The molecule has 7 nitrogen and oxygen atoms in total. The molecule has 6 rings (SSSR count). The van der Waals surface area contributed by atoms with Crippen molar-refractivity contribution >= 4 is 0 Å². The van der Waals surface area contributed by atoms with Crippen molar-refractivity contribution in [1.82, 2.24) is 29.9 Å². The second-order valence-electron chi connectivity index (χ2n) is 8.07. The van der Waals surface area contributed by atoms with E-state index in [1.54, 1.807) is 6.33 Å². The molecule has 0 unspecified atom stereocenters. The van der Waals surface area contributed by atoms with Crippen molar-refractivity contribution in [2.75, 3.05) is 19.6 Å². The summed E-state index contributed by atoms with van der Waals surface area (Å²) in [5.41, 5.74) is 3.33. The summed E-state index contributed by atoms with van der Waals surface area (Å²) in [7, 11) is 0. The fourth-order valence-corrected chi connectivity index (χ4v) is 4.55. The third-order valence-electron chi connectivity index (χ3n) is 6.05. The number of rotatable bonds is 5. The van der Waals surface area contributed by atoms with Gasteiger partial charge in [0, 0.05) is 43.5 Å². The summed E-state index contributed by atoms with van der Waals surface area (Å²) in [4.78, 5) is 17.4. The van der Waals surface area contributed by atoms with Gasteiger partial charge in [-0.1, -0.05) is 35.5 Å². The van der Waals surface area contributed by atoms with Crippen LogP contribution in [0.25, 0.3) is 11.4 Å². The molecule has 2 atom stereocenters. The number of piperidine rings is 1. The highest BCUT2D eigenvalue weighted by Gasteiger charge is 2.35. The number of aromatic nitrogens is 4. The number of imidazole rings is 1. The first kappa shape index (κ1) is 17.6. The lowest BCUT2D eigenvalue weighted by Crippen LogP contribution is -2.43. The predicted molar refractivity (Wildman–Crippen MR) is 105 cm³/mol. The molecule has 3 fully saturated rings. The zero-order valence-electron chi connectivity index (χ0n) is 16.2. The van der Waals surface area contributed by atoms with E-state index in [0.717, 1.165) is 44.0 Å². The third-order valence-corrected chi connectivity index (χ3v) is 6.05. The number of hydrogen-bond donors (Lipinski definition) is 1. The Morgan fingerprint density at radius 1 is 1.11 bits per heavy atom. The van der Waals surface area contributed by atoms with Gasteiger partial charge in [-0.05, 0) is 25.7 Å². The molecule has 1 N–H and O–H groups in total. The molecule has 0 radical (unpaired) electrons. The van der Waals surface area contributed by atoms with Crippen LogP contribution in [0.5, 0.6) is 0 Å². The van der Waals surface area contributed by atoms with Gasteiger partial charge in [0.1, 0.15) is 0 Å². The SMILES string of the molecule is Cc1[nH]cnc1CN1C[C@@H]2CC[C@H](C1)N(Cc1nc(-c3ccccc3)no1)C2.